The molecule has 0 amide bonds. The number of hydrogen-bond donors (Lipinski definition) is 0. The maximum Gasteiger partial charge on any atom is 0.107 e. The van der Waals surface area contributed by atoms with Crippen LogP contribution < -0.4 is 0 Å². The highest BCUT2D eigenvalue weighted by Crippen LogP contribution is 2.52. The molecule has 0 saturated carbocycles. The molecule has 5 rings (SSSR count). The molecule has 0 spiro atoms. The number of rotatable bonds is 6. The monoisotopic (exact) mass is 398 g/mol. The van der Waals surface area contributed by atoms with Gasteiger partial charge in [-0.1, -0.05) is 121 Å². The molecule has 1 aliphatic rings. The minimum Gasteiger partial charge on any atom is -0.0619 e. The second kappa shape index (κ2) is 8.27. The van der Waals surface area contributed by atoms with Crippen LogP contribution in [0.25, 0.3) is 11.1 Å². The number of hydrogen-bond acceptors (Lipinski definition) is 0. The van der Waals surface area contributed by atoms with E-state index in [0.29, 0.717) is 0 Å². The van der Waals surface area contributed by atoms with E-state index in [1.165, 1.54) is 44.5 Å². The van der Waals surface area contributed by atoms with Gasteiger partial charge in [-0.05, 0) is 46.2 Å². The largest absolute Gasteiger partial charge is 0.107 e. The van der Waals surface area contributed by atoms with E-state index in [1.54, 1.807) is 0 Å². The van der Waals surface area contributed by atoms with Crippen molar-refractivity contribution in [1.82, 2.24) is 0 Å². The second-order valence-electron chi connectivity index (χ2n) is 8.87. The average molecular weight is 398 g/mol. The van der Waals surface area contributed by atoms with Crippen LogP contribution in [0.5, 0.6) is 0 Å². The van der Waals surface area contributed by atoms with Crippen LogP contribution in [0.3, 0.4) is 0 Å². The molecule has 0 fully saturated rings. The Hall–Kier alpha value is -2.99. The lowest BCUT2D eigenvalue weighted by Crippen LogP contribution is -2.31. The van der Waals surface area contributed by atoms with E-state index in [-0.39, 0.29) is 5.41 Å². The minimum absolute atomic E-state index is 0.0470. The molecule has 0 saturated heterocycles. The molecule has 0 atom stereocenters. The molecule has 1 aliphatic carbocycles. The quantitative estimate of drug-likeness (QED) is 0.413. The molecule has 150 valence electrons. The van der Waals surface area contributed by atoms with Crippen LogP contribution in [-0.2, 0) is 30.9 Å². The molecular weight excluding hydrogens is 370 g/mol. The summed E-state index contributed by atoms with van der Waals surface area (Å²) < 4.78 is 0. The maximum absolute atomic E-state index is 2.36. The predicted molar refractivity (Wildman–Crippen MR) is 137 cm³/mol. The SMILES string of the molecule is BCc1ccc(CC2(Cc3ccc(CB)cc3)c3ccccc3-c3ccccc32)cc1. The summed E-state index contributed by atoms with van der Waals surface area (Å²) in [5.41, 5.74) is 11.3. The third-order valence-corrected chi connectivity index (χ3v) is 7.05. The third kappa shape index (κ3) is 3.55. The Morgan fingerprint density at radius 1 is 0.452 bits per heavy atom. The Kier molecular flexibility index (Phi) is 5.32. The van der Waals surface area contributed by atoms with E-state index >= 15 is 0 Å². The highest BCUT2D eigenvalue weighted by Gasteiger charge is 2.42. The van der Waals surface area contributed by atoms with Gasteiger partial charge in [-0.3, -0.25) is 0 Å². The summed E-state index contributed by atoms with van der Waals surface area (Å²) in [4.78, 5) is 0. The molecule has 0 nitrogen and oxygen atoms in total. The minimum atomic E-state index is -0.0470. The summed E-state index contributed by atoms with van der Waals surface area (Å²) >= 11 is 0. The molecular formula is C29H28B2. The summed E-state index contributed by atoms with van der Waals surface area (Å²) in [7, 11) is 4.44. The lowest BCUT2D eigenvalue weighted by atomic mass is 9.69. The summed E-state index contributed by atoms with van der Waals surface area (Å²) in [5.74, 6) is 0. The summed E-state index contributed by atoms with van der Waals surface area (Å²) in [6.07, 6.45) is 4.20. The van der Waals surface area contributed by atoms with E-state index < -0.39 is 0 Å². The van der Waals surface area contributed by atoms with Gasteiger partial charge < -0.3 is 0 Å². The van der Waals surface area contributed by atoms with Crippen molar-refractivity contribution in [3.05, 3.63) is 130 Å². The van der Waals surface area contributed by atoms with Crippen molar-refractivity contribution in [3.8, 4) is 11.1 Å². The second-order valence-corrected chi connectivity index (χ2v) is 8.87. The van der Waals surface area contributed by atoms with Gasteiger partial charge in [-0.15, -0.1) is 0 Å². The Morgan fingerprint density at radius 3 is 1.19 bits per heavy atom. The molecule has 0 aliphatic heterocycles. The van der Waals surface area contributed by atoms with Crippen molar-refractivity contribution in [2.75, 3.05) is 0 Å². The van der Waals surface area contributed by atoms with Crippen LogP contribution in [0.4, 0.5) is 0 Å². The van der Waals surface area contributed by atoms with E-state index in [0.717, 1.165) is 25.5 Å². The molecule has 0 unspecified atom stereocenters. The van der Waals surface area contributed by atoms with Crippen molar-refractivity contribution in [1.29, 1.82) is 0 Å². The first-order chi connectivity index (χ1) is 15.2. The molecule has 0 N–H and O–H groups in total. The van der Waals surface area contributed by atoms with Crippen LogP contribution >= 0.6 is 0 Å². The zero-order valence-electron chi connectivity index (χ0n) is 18.6. The predicted octanol–water partition coefficient (Wildman–Crippen LogP) is 4.70. The van der Waals surface area contributed by atoms with Crippen molar-refractivity contribution in [2.24, 2.45) is 0 Å². The van der Waals surface area contributed by atoms with Gasteiger partial charge in [0.05, 0.1) is 0 Å². The van der Waals surface area contributed by atoms with Crippen molar-refractivity contribution in [2.45, 2.75) is 30.9 Å². The summed E-state index contributed by atoms with van der Waals surface area (Å²) in [6.45, 7) is 0. The van der Waals surface area contributed by atoms with Gasteiger partial charge in [0, 0.05) is 5.41 Å². The Morgan fingerprint density at radius 2 is 0.806 bits per heavy atom. The van der Waals surface area contributed by atoms with Gasteiger partial charge in [-0.2, -0.15) is 0 Å². The highest BCUT2D eigenvalue weighted by molar-refractivity contribution is 6.08. The average Bonchev–Trinajstić information content (AvgIpc) is 3.10. The molecule has 4 aromatic rings. The first-order valence-electron chi connectivity index (χ1n) is 11.6. The number of fused-ring (bicyclic) bond motifs is 3. The van der Waals surface area contributed by atoms with Crippen molar-refractivity contribution in [3.63, 3.8) is 0 Å². The summed E-state index contributed by atoms with van der Waals surface area (Å²) in [5, 5.41) is 0. The lowest BCUT2D eigenvalue weighted by Gasteiger charge is -2.33. The van der Waals surface area contributed by atoms with Gasteiger partial charge in [0.2, 0.25) is 0 Å². The fourth-order valence-electron chi connectivity index (χ4n) is 5.34. The maximum atomic E-state index is 2.36. The smallest absolute Gasteiger partial charge is 0.0619 e. The van der Waals surface area contributed by atoms with Crippen molar-refractivity contribution >= 4 is 15.7 Å². The molecule has 0 bridgehead atoms. The van der Waals surface area contributed by atoms with Gasteiger partial charge in [0.25, 0.3) is 0 Å². The van der Waals surface area contributed by atoms with E-state index in [4.69, 9.17) is 0 Å². The zero-order chi connectivity index (χ0) is 21.3. The Bertz CT molecular complexity index is 1090. The Balaban J connectivity index is 1.67. The highest BCUT2D eigenvalue weighted by atomic mass is 14.4. The van der Waals surface area contributed by atoms with Crippen LogP contribution in [0.1, 0.15) is 33.4 Å². The first kappa shape index (κ1) is 19.9. The van der Waals surface area contributed by atoms with E-state index in [9.17, 15) is 0 Å². The standard InChI is InChI=1S/C29H28B2/c30-19-23-13-9-21(10-14-23)17-29(18-22-11-15-24(20-31)16-12-22)27-7-3-1-5-25(27)26-6-2-4-8-28(26)29/h1-16H,17-20,30-31H2. The number of benzene rings is 4. The first-order valence-corrected chi connectivity index (χ1v) is 11.6. The molecule has 0 heterocycles. The van der Waals surface area contributed by atoms with Gasteiger partial charge in [0.1, 0.15) is 15.7 Å². The fourth-order valence-corrected chi connectivity index (χ4v) is 5.34. The normalized spacial score (nSPS) is 13.5. The van der Waals surface area contributed by atoms with E-state index in [1.807, 2.05) is 0 Å². The molecule has 0 aromatic heterocycles. The molecule has 2 heteroatoms. The van der Waals surface area contributed by atoms with Crippen LogP contribution in [0.15, 0.2) is 97.1 Å². The van der Waals surface area contributed by atoms with Gasteiger partial charge >= 0.3 is 0 Å². The van der Waals surface area contributed by atoms with Gasteiger partial charge in [0.15, 0.2) is 0 Å². The molecule has 31 heavy (non-hydrogen) atoms. The zero-order valence-corrected chi connectivity index (χ0v) is 18.6. The topological polar surface area (TPSA) is 0 Å². The van der Waals surface area contributed by atoms with Gasteiger partial charge in [-0.25, -0.2) is 0 Å². The summed E-state index contributed by atoms with van der Waals surface area (Å²) in [6, 6.07) is 36.6. The molecule has 4 aromatic carbocycles. The molecule has 0 radical (unpaired) electrons. The van der Waals surface area contributed by atoms with Crippen LogP contribution in [0.2, 0.25) is 0 Å². The Labute approximate surface area is 188 Å². The van der Waals surface area contributed by atoms with E-state index in [2.05, 4.69) is 113 Å². The van der Waals surface area contributed by atoms with Crippen LogP contribution in [-0.4, -0.2) is 15.7 Å². The van der Waals surface area contributed by atoms with Crippen molar-refractivity contribution < 1.29 is 0 Å². The fraction of sp³-hybridized carbons (Fsp3) is 0.172. The lowest BCUT2D eigenvalue weighted by molar-refractivity contribution is 0.520. The third-order valence-electron chi connectivity index (χ3n) is 7.05. The van der Waals surface area contributed by atoms with Crippen LogP contribution in [0, 0.1) is 0 Å².